The molecule has 4 amide bonds. The lowest BCUT2D eigenvalue weighted by atomic mass is 9.91. The van der Waals surface area contributed by atoms with Crippen LogP contribution in [0.1, 0.15) is 54.9 Å². The van der Waals surface area contributed by atoms with E-state index in [0.29, 0.717) is 31.6 Å². The number of amides is 4. The molecule has 0 aromatic heterocycles. The highest BCUT2D eigenvalue weighted by Crippen LogP contribution is 2.21. The molecule has 1 aromatic carbocycles. The quantitative estimate of drug-likeness (QED) is 0.694. The van der Waals surface area contributed by atoms with E-state index in [1.807, 2.05) is 26.0 Å². The minimum absolute atomic E-state index is 0.0200. The molecule has 30 heavy (non-hydrogen) atoms. The summed E-state index contributed by atoms with van der Waals surface area (Å²) in [6, 6.07) is 7.15. The first-order valence-electron chi connectivity index (χ1n) is 10.9. The Balaban J connectivity index is 1.83. The van der Waals surface area contributed by atoms with Crippen molar-refractivity contribution in [2.24, 2.45) is 5.73 Å². The molecule has 4 N–H and O–H groups in total. The van der Waals surface area contributed by atoms with Crippen LogP contribution in [0.25, 0.3) is 0 Å². The predicted octanol–water partition coefficient (Wildman–Crippen LogP) is 1.58. The van der Waals surface area contributed by atoms with Crippen LogP contribution in [-0.2, 0) is 4.79 Å². The smallest absolute Gasteiger partial charge is 0.319 e. The first-order valence-corrected chi connectivity index (χ1v) is 10.9. The van der Waals surface area contributed by atoms with Gasteiger partial charge in [0.15, 0.2) is 6.17 Å². The topological polar surface area (TPSA) is 108 Å². The van der Waals surface area contributed by atoms with Gasteiger partial charge in [-0.1, -0.05) is 17.7 Å². The van der Waals surface area contributed by atoms with Crippen LogP contribution in [0.4, 0.5) is 4.79 Å². The monoisotopic (exact) mass is 415 g/mol. The van der Waals surface area contributed by atoms with Crippen LogP contribution in [0.15, 0.2) is 24.3 Å². The fourth-order valence-corrected chi connectivity index (χ4v) is 4.19. The van der Waals surface area contributed by atoms with Crippen molar-refractivity contribution in [3.8, 4) is 0 Å². The fourth-order valence-electron chi connectivity index (χ4n) is 4.19. The van der Waals surface area contributed by atoms with Gasteiger partial charge >= 0.3 is 6.03 Å². The first-order chi connectivity index (χ1) is 14.4. The summed E-state index contributed by atoms with van der Waals surface area (Å²) >= 11 is 0. The number of nitrogens with two attached hydrogens (primary N) is 1. The van der Waals surface area contributed by atoms with Gasteiger partial charge in [0.2, 0.25) is 0 Å². The third-order valence-electron chi connectivity index (χ3n) is 5.89. The van der Waals surface area contributed by atoms with Gasteiger partial charge in [-0.3, -0.25) is 14.5 Å². The molecule has 8 heteroatoms. The summed E-state index contributed by atoms with van der Waals surface area (Å²) < 4.78 is 0. The van der Waals surface area contributed by atoms with Gasteiger partial charge in [-0.05, 0) is 58.1 Å². The number of hydrogen-bond donors (Lipinski definition) is 3. The van der Waals surface area contributed by atoms with Crippen LogP contribution in [0.2, 0.25) is 0 Å². The summed E-state index contributed by atoms with van der Waals surface area (Å²) in [6.07, 6.45) is 3.01. The van der Waals surface area contributed by atoms with E-state index in [4.69, 9.17) is 5.73 Å². The molecule has 1 unspecified atom stereocenters. The van der Waals surface area contributed by atoms with E-state index in [1.54, 1.807) is 12.1 Å². The number of rotatable bonds is 4. The van der Waals surface area contributed by atoms with E-state index >= 15 is 0 Å². The SMILES string of the molecule is CCNC(=O)N1CCCN(C(=O)c2ccc(C)cc2)C1C(=O)NC1CCC(N)CC1. The Bertz CT molecular complexity index is 759. The van der Waals surface area contributed by atoms with E-state index in [9.17, 15) is 14.4 Å². The lowest BCUT2D eigenvalue weighted by Gasteiger charge is -2.43. The lowest BCUT2D eigenvalue weighted by molar-refractivity contribution is -0.133. The second-order valence-corrected chi connectivity index (χ2v) is 8.24. The van der Waals surface area contributed by atoms with Gasteiger partial charge < -0.3 is 21.3 Å². The molecule has 3 rings (SSSR count). The molecule has 1 aliphatic heterocycles. The zero-order valence-corrected chi connectivity index (χ0v) is 17.9. The Kier molecular flexibility index (Phi) is 7.31. The van der Waals surface area contributed by atoms with E-state index in [1.165, 1.54) is 9.80 Å². The lowest BCUT2D eigenvalue weighted by Crippen LogP contribution is -2.65. The number of nitrogens with zero attached hydrogens (tertiary/aromatic N) is 2. The normalized spacial score (nSPS) is 24.3. The number of benzene rings is 1. The highest BCUT2D eigenvalue weighted by Gasteiger charge is 2.41. The Hall–Kier alpha value is -2.61. The summed E-state index contributed by atoms with van der Waals surface area (Å²) in [4.78, 5) is 42.2. The van der Waals surface area contributed by atoms with Crippen LogP contribution in [0, 0.1) is 6.92 Å². The minimum atomic E-state index is -0.963. The number of nitrogens with one attached hydrogen (secondary N) is 2. The molecule has 8 nitrogen and oxygen atoms in total. The van der Waals surface area contributed by atoms with Crippen molar-refractivity contribution in [2.75, 3.05) is 19.6 Å². The van der Waals surface area contributed by atoms with Gasteiger partial charge in [-0.2, -0.15) is 0 Å². The number of aryl methyl sites for hydroxylation is 1. The highest BCUT2D eigenvalue weighted by atomic mass is 16.2. The van der Waals surface area contributed by atoms with E-state index < -0.39 is 6.17 Å². The van der Waals surface area contributed by atoms with Gasteiger partial charge in [0.1, 0.15) is 0 Å². The molecule has 1 saturated heterocycles. The third-order valence-corrected chi connectivity index (χ3v) is 5.89. The number of carbonyl (C=O) groups excluding carboxylic acids is 3. The largest absolute Gasteiger partial charge is 0.350 e. The molecule has 2 aliphatic rings. The maximum atomic E-state index is 13.3. The molecule has 0 radical (unpaired) electrons. The average Bonchev–Trinajstić information content (AvgIpc) is 2.75. The van der Waals surface area contributed by atoms with Crippen molar-refractivity contribution >= 4 is 17.8 Å². The molecule has 164 valence electrons. The van der Waals surface area contributed by atoms with Crippen molar-refractivity contribution in [3.63, 3.8) is 0 Å². The molecule has 1 heterocycles. The van der Waals surface area contributed by atoms with Gasteiger partial charge in [0, 0.05) is 37.3 Å². The summed E-state index contributed by atoms with van der Waals surface area (Å²) in [6.45, 7) is 5.10. The number of hydrogen-bond acceptors (Lipinski definition) is 4. The van der Waals surface area contributed by atoms with Crippen LogP contribution in [0.3, 0.4) is 0 Å². The molecule has 2 fully saturated rings. The Labute approximate surface area is 178 Å². The third kappa shape index (κ3) is 5.11. The molecular weight excluding hydrogens is 382 g/mol. The molecule has 0 bridgehead atoms. The van der Waals surface area contributed by atoms with Gasteiger partial charge in [-0.15, -0.1) is 0 Å². The van der Waals surface area contributed by atoms with Crippen LogP contribution < -0.4 is 16.4 Å². The fraction of sp³-hybridized carbons (Fsp3) is 0.591. The zero-order valence-electron chi connectivity index (χ0n) is 17.9. The predicted molar refractivity (Wildman–Crippen MR) is 115 cm³/mol. The van der Waals surface area contributed by atoms with Crippen LogP contribution in [0.5, 0.6) is 0 Å². The van der Waals surface area contributed by atoms with E-state index in [0.717, 1.165) is 31.2 Å². The Morgan fingerprint density at radius 1 is 1.03 bits per heavy atom. The number of carbonyl (C=O) groups is 3. The van der Waals surface area contributed by atoms with Crippen LogP contribution >= 0.6 is 0 Å². The average molecular weight is 416 g/mol. The van der Waals surface area contributed by atoms with Gasteiger partial charge in [0.25, 0.3) is 11.8 Å². The van der Waals surface area contributed by atoms with Crippen LogP contribution in [-0.4, -0.2) is 65.5 Å². The van der Waals surface area contributed by atoms with Crippen molar-refractivity contribution < 1.29 is 14.4 Å². The Morgan fingerprint density at radius 2 is 1.67 bits per heavy atom. The molecule has 1 aliphatic carbocycles. The van der Waals surface area contributed by atoms with Crippen molar-refractivity contribution in [1.82, 2.24) is 20.4 Å². The Morgan fingerprint density at radius 3 is 2.30 bits per heavy atom. The van der Waals surface area contributed by atoms with Crippen molar-refractivity contribution in [3.05, 3.63) is 35.4 Å². The van der Waals surface area contributed by atoms with E-state index in [2.05, 4.69) is 10.6 Å². The standard InChI is InChI=1S/C22H33N5O3/c1-3-24-22(30)27-14-4-13-26(21(29)16-7-5-15(2)6-8-16)20(27)19(28)25-18-11-9-17(23)10-12-18/h5-8,17-18,20H,3-4,9-14,23H2,1-2H3,(H,24,30)(H,25,28). The van der Waals surface area contributed by atoms with E-state index in [-0.39, 0.29) is 29.9 Å². The zero-order chi connectivity index (χ0) is 21.7. The van der Waals surface area contributed by atoms with Gasteiger partial charge in [0.05, 0.1) is 0 Å². The highest BCUT2D eigenvalue weighted by molar-refractivity contribution is 5.98. The maximum absolute atomic E-state index is 13.3. The summed E-state index contributed by atoms with van der Waals surface area (Å²) in [7, 11) is 0. The second kappa shape index (κ2) is 9.93. The molecular formula is C22H33N5O3. The summed E-state index contributed by atoms with van der Waals surface area (Å²) in [5.74, 6) is -0.545. The molecule has 1 atom stereocenters. The van der Waals surface area contributed by atoms with Crippen molar-refractivity contribution in [2.45, 2.75) is 64.2 Å². The van der Waals surface area contributed by atoms with Gasteiger partial charge in [-0.25, -0.2) is 4.79 Å². The minimum Gasteiger partial charge on any atom is -0.350 e. The van der Waals surface area contributed by atoms with Crippen molar-refractivity contribution in [1.29, 1.82) is 0 Å². The maximum Gasteiger partial charge on any atom is 0.319 e. The molecule has 1 saturated carbocycles. The summed E-state index contributed by atoms with van der Waals surface area (Å²) in [5.41, 5.74) is 7.54. The molecule has 0 spiro atoms. The molecule has 1 aromatic rings. The first kappa shape index (κ1) is 22.1. The second-order valence-electron chi connectivity index (χ2n) is 8.24. The number of urea groups is 1. The summed E-state index contributed by atoms with van der Waals surface area (Å²) in [5, 5.41) is 5.84.